The first-order valence-electron chi connectivity index (χ1n) is 6.44. The van der Waals surface area contributed by atoms with Crippen LogP contribution >= 0.6 is 12.4 Å². The van der Waals surface area contributed by atoms with Gasteiger partial charge in [-0.3, -0.25) is 0 Å². The van der Waals surface area contributed by atoms with Crippen molar-refractivity contribution in [1.82, 2.24) is 8.61 Å². The molecule has 0 spiro atoms. The Hall–Kier alpha value is 0.120. The molecule has 1 heterocycles. The number of halogens is 1. The van der Waals surface area contributed by atoms with Crippen LogP contribution in [0.3, 0.4) is 0 Å². The molecule has 18 heavy (non-hydrogen) atoms. The average molecular weight is 300 g/mol. The molecule has 0 bridgehead atoms. The van der Waals surface area contributed by atoms with Gasteiger partial charge in [0.2, 0.25) is 0 Å². The van der Waals surface area contributed by atoms with Crippen LogP contribution in [0.4, 0.5) is 0 Å². The Kier molecular flexibility index (Phi) is 7.70. The lowest BCUT2D eigenvalue weighted by Gasteiger charge is -2.35. The van der Waals surface area contributed by atoms with E-state index in [1.807, 2.05) is 20.8 Å². The third kappa shape index (κ3) is 4.06. The summed E-state index contributed by atoms with van der Waals surface area (Å²) in [5.74, 6) is 0.457. The molecule has 2 N–H and O–H groups in total. The first-order valence-corrected chi connectivity index (χ1v) is 7.84. The van der Waals surface area contributed by atoms with Gasteiger partial charge in [0, 0.05) is 32.2 Å². The summed E-state index contributed by atoms with van der Waals surface area (Å²) in [7, 11) is -3.25. The minimum atomic E-state index is -3.25. The summed E-state index contributed by atoms with van der Waals surface area (Å²) < 4.78 is 27.6. The second-order valence-electron chi connectivity index (χ2n) is 4.69. The van der Waals surface area contributed by atoms with Crippen molar-refractivity contribution in [1.29, 1.82) is 0 Å². The highest BCUT2D eigenvalue weighted by Crippen LogP contribution is 2.22. The van der Waals surface area contributed by atoms with E-state index in [4.69, 9.17) is 5.73 Å². The van der Waals surface area contributed by atoms with Crippen LogP contribution in [-0.4, -0.2) is 49.2 Å². The zero-order valence-electron chi connectivity index (χ0n) is 11.5. The molecule has 0 aromatic heterocycles. The van der Waals surface area contributed by atoms with Crippen LogP contribution in [0.5, 0.6) is 0 Å². The van der Waals surface area contributed by atoms with Crippen LogP contribution < -0.4 is 5.73 Å². The lowest BCUT2D eigenvalue weighted by atomic mass is 9.92. The van der Waals surface area contributed by atoms with Crippen LogP contribution in [0.25, 0.3) is 0 Å². The molecular weight excluding hydrogens is 274 g/mol. The zero-order chi connectivity index (χ0) is 13.1. The van der Waals surface area contributed by atoms with E-state index in [-0.39, 0.29) is 18.4 Å². The average Bonchev–Trinajstić information content (AvgIpc) is 2.30. The second kappa shape index (κ2) is 7.65. The maximum atomic E-state index is 12.2. The molecule has 1 fully saturated rings. The number of piperidine rings is 1. The van der Waals surface area contributed by atoms with E-state index in [9.17, 15) is 8.42 Å². The van der Waals surface area contributed by atoms with Gasteiger partial charge < -0.3 is 5.73 Å². The summed E-state index contributed by atoms with van der Waals surface area (Å²) in [6.45, 7) is 8.01. The number of nitrogens with zero attached hydrogens (tertiary/aromatic N) is 2. The molecule has 0 aliphatic carbocycles. The third-order valence-corrected chi connectivity index (χ3v) is 5.79. The maximum absolute atomic E-state index is 12.2. The molecular formula is C11H26ClN3O2S. The van der Waals surface area contributed by atoms with Crippen LogP contribution in [0, 0.1) is 5.92 Å². The van der Waals surface area contributed by atoms with Gasteiger partial charge in [-0.05, 0) is 25.7 Å². The van der Waals surface area contributed by atoms with E-state index in [1.165, 1.54) is 4.31 Å². The summed E-state index contributed by atoms with van der Waals surface area (Å²) in [5, 5.41) is 0. The maximum Gasteiger partial charge on any atom is 0.281 e. The summed E-state index contributed by atoms with van der Waals surface area (Å²) in [6.07, 6.45) is 1.75. The zero-order valence-corrected chi connectivity index (χ0v) is 13.1. The van der Waals surface area contributed by atoms with Crippen molar-refractivity contribution >= 4 is 22.6 Å². The predicted octanol–water partition coefficient (Wildman–Crippen LogP) is 1.05. The van der Waals surface area contributed by atoms with Crippen LogP contribution in [0.2, 0.25) is 0 Å². The van der Waals surface area contributed by atoms with Crippen LogP contribution in [0.15, 0.2) is 0 Å². The summed E-state index contributed by atoms with van der Waals surface area (Å²) >= 11 is 0. The molecule has 0 amide bonds. The molecule has 0 aromatic carbocycles. The Morgan fingerprint density at radius 1 is 1.28 bits per heavy atom. The van der Waals surface area contributed by atoms with Gasteiger partial charge in [0.15, 0.2) is 0 Å². The van der Waals surface area contributed by atoms with Crippen molar-refractivity contribution in [3.63, 3.8) is 0 Å². The first kappa shape index (κ1) is 18.1. The van der Waals surface area contributed by atoms with E-state index < -0.39 is 10.2 Å². The third-order valence-electron chi connectivity index (χ3n) is 3.60. The summed E-state index contributed by atoms with van der Waals surface area (Å²) in [4.78, 5) is 0. The van der Waals surface area contributed by atoms with E-state index in [2.05, 4.69) is 0 Å². The van der Waals surface area contributed by atoms with E-state index in [1.54, 1.807) is 4.31 Å². The first-order chi connectivity index (χ1) is 7.93. The van der Waals surface area contributed by atoms with Gasteiger partial charge in [0.05, 0.1) is 0 Å². The van der Waals surface area contributed by atoms with Gasteiger partial charge in [0.1, 0.15) is 0 Å². The number of hydrogen-bond acceptors (Lipinski definition) is 3. The lowest BCUT2D eigenvalue weighted by molar-refractivity contribution is 0.237. The van der Waals surface area contributed by atoms with Gasteiger partial charge in [-0.25, -0.2) is 0 Å². The number of hydrogen-bond donors (Lipinski definition) is 1. The topological polar surface area (TPSA) is 66.6 Å². The van der Waals surface area contributed by atoms with Gasteiger partial charge in [-0.15, -0.1) is 12.4 Å². The molecule has 0 aromatic rings. The monoisotopic (exact) mass is 299 g/mol. The van der Waals surface area contributed by atoms with Crippen LogP contribution in [-0.2, 0) is 10.2 Å². The minimum absolute atomic E-state index is 0. The molecule has 0 radical (unpaired) electrons. The normalized spacial score (nSPS) is 20.7. The lowest BCUT2D eigenvalue weighted by Crippen LogP contribution is -2.48. The fourth-order valence-electron chi connectivity index (χ4n) is 2.35. The highest BCUT2D eigenvalue weighted by molar-refractivity contribution is 7.86. The fraction of sp³-hybridized carbons (Fsp3) is 1.00. The molecule has 1 atom stereocenters. The Morgan fingerprint density at radius 3 is 2.06 bits per heavy atom. The second-order valence-corrected chi connectivity index (χ2v) is 6.62. The Morgan fingerprint density at radius 2 is 1.72 bits per heavy atom. The molecule has 1 aliphatic rings. The van der Waals surface area contributed by atoms with Gasteiger partial charge in [-0.1, -0.05) is 13.8 Å². The van der Waals surface area contributed by atoms with Crippen molar-refractivity contribution < 1.29 is 8.42 Å². The Labute approximate surface area is 117 Å². The molecule has 1 rings (SSSR count). The van der Waals surface area contributed by atoms with Gasteiger partial charge >= 0.3 is 0 Å². The van der Waals surface area contributed by atoms with Crippen molar-refractivity contribution in [3.8, 4) is 0 Å². The predicted molar refractivity (Wildman–Crippen MR) is 77.0 cm³/mol. The Balaban J connectivity index is 0.00000289. The van der Waals surface area contributed by atoms with Crippen molar-refractivity contribution in [2.24, 2.45) is 11.7 Å². The summed E-state index contributed by atoms with van der Waals surface area (Å²) in [5.41, 5.74) is 5.86. The SMILES string of the molecule is CCN(CC)S(=O)(=O)N1CCC(C(C)N)CC1.Cl. The molecule has 1 aliphatic heterocycles. The highest BCUT2D eigenvalue weighted by atomic mass is 35.5. The number of rotatable bonds is 5. The molecule has 0 saturated carbocycles. The fourth-order valence-corrected chi connectivity index (χ4v) is 4.00. The van der Waals surface area contributed by atoms with Crippen LogP contribution in [0.1, 0.15) is 33.6 Å². The van der Waals surface area contributed by atoms with Gasteiger partial charge in [-0.2, -0.15) is 17.0 Å². The van der Waals surface area contributed by atoms with E-state index in [0.717, 1.165) is 12.8 Å². The quantitative estimate of drug-likeness (QED) is 0.825. The Bertz CT molecular complexity index is 323. The van der Waals surface area contributed by atoms with E-state index in [0.29, 0.717) is 32.1 Å². The summed E-state index contributed by atoms with van der Waals surface area (Å²) in [6, 6.07) is 0.160. The van der Waals surface area contributed by atoms with Crippen molar-refractivity contribution in [2.45, 2.75) is 39.7 Å². The molecule has 1 unspecified atom stereocenters. The van der Waals surface area contributed by atoms with Crippen molar-refractivity contribution in [3.05, 3.63) is 0 Å². The highest BCUT2D eigenvalue weighted by Gasteiger charge is 2.32. The largest absolute Gasteiger partial charge is 0.328 e. The molecule has 1 saturated heterocycles. The molecule has 5 nitrogen and oxygen atoms in total. The standard InChI is InChI=1S/C11H25N3O2S.ClH/c1-4-13(5-2)17(15,16)14-8-6-11(7-9-14)10(3)12;/h10-11H,4-9,12H2,1-3H3;1H. The number of nitrogens with two attached hydrogens (primary N) is 1. The van der Waals surface area contributed by atoms with Crippen molar-refractivity contribution in [2.75, 3.05) is 26.2 Å². The molecule has 110 valence electrons. The smallest absolute Gasteiger partial charge is 0.281 e. The minimum Gasteiger partial charge on any atom is -0.328 e. The van der Waals surface area contributed by atoms with E-state index >= 15 is 0 Å². The van der Waals surface area contributed by atoms with Gasteiger partial charge in [0.25, 0.3) is 10.2 Å². The molecule has 7 heteroatoms.